The minimum absolute atomic E-state index is 0.173. The Balaban J connectivity index is 2.34. The third-order valence-electron chi connectivity index (χ3n) is 2.73. The van der Waals surface area contributed by atoms with Crippen molar-refractivity contribution in [2.75, 3.05) is 6.61 Å². The molecular formula is C11H19NO3. The molecule has 1 unspecified atom stereocenters. The fourth-order valence-electron chi connectivity index (χ4n) is 1.89. The Morgan fingerprint density at radius 3 is 2.80 bits per heavy atom. The smallest absolute Gasteiger partial charge is 0.305 e. The molecule has 4 nitrogen and oxygen atoms in total. The van der Waals surface area contributed by atoms with E-state index < -0.39 is 0 Å². The van der Waals surface area contributed by atoms with Gasteiger partial charge in [0.1, 0.15) is 0 Å². The number of ether oxygens (including phenoxy) is 1. The molecule has 0 saturated carbocycles. The van der Waals surface area contributed by atoms with Gasteiger partial charge in [0.15, 0.2) is 11.8 Å². The summed E-state index contributed by atoms with van der Waals surface area (Å²) in [6.07, 6.45) is 3.61. The van der Waals surface area contributed by atoms with Gasteiger partial charge in [0, 0.05) is 32.6 Å². The maximum atomic E-state index is 11.4. The molecule has 0 aromatic rings. The zero-order valence-corrected chi connectivity index (χ0v) is 9.66. The zero-order valence-electron chi connectivity index (χ0n) is 9.66. The van der Waals surface area contributed by atoms with Crippen molar-refractivity contribution in [2.24, 2.45) is 5.92 Å². The predicted molar refractivity (Wildman–Crippen MR) is 57.7 cm³/mol. The summed E-state index contributed by atoms with van der Waals surface area (Å²) < 4.78 is 5.84. The van der Waals surface area contributed by atoms with Gasteiger partial charge >= 0.3 is 5.97 Å². The van der Waals surface area contributed by atoms with Gasteiger partial charge in [-0.1, -0.05) is 0 Å². The molecular weight excluding hydrogens is 194 g/mol. The highest BCUT2D eigenvalue weighted by Crippen LogP contribution is 2.27. The summed E-state index contributed by atoms with van der Waals surface area (Å²) in [5, 5.41) is 11.4. The molecule has 15 heavy (non-hydrogen) atoms. The molecule has 0 spiro atoms. The molecule has 1 heterocycles. The van der Waals surface area contributed by atoms with Crippen LogP contribution in [0.4, 0.5) is 0 Å². The lowest BCUT2D eigenvalue weighted by Gasteiger charge is -2.17. The average Bonchev–Trinajstić information content (AvgIpc) is 2.38. The summed E-state index contributed by atoms with van der Waals surface area (Å²) in [7, 11) is 0. The SMILES string of the molecule is CCOC(=O)CCC1C=[N+]([O-])C(C)(C)C1. The van der Waals surface area contributed by atoms with Gasteiger partial charge < -0.3 is 9.94 Å². The zero-order chi connectivity index (χ0) is 11.5. The lowest BCUT2D eigenvalue weighted by molar-refractivity contribution is -0.527. The molecule has 4 heteroatoms. The molecule has 1 atom stereocenters. The topological polar surface area (TPSA) is 52.4 Å². The second-order valence-electron chi connectivity index (χ2n) is 4.60. The van der Waals surface area contributed by atoms with Gasteiger partial charge in [-0.05, 0) is 13.3 Å². The highest BCUT2D eigenvalue weighted by molar-refractivity contribution is 5.70. The maximum Gasteiger partial charge on any atom is 0.305 e. The molecule has 86 valence electrons. The predicted octanol–water partition coefficient (Wildman–Crippen LogP) is 1.71. The fraction of sp³-hybridized carbons (Fsp3) is 0.818. The lowest BCUT2D eigenvalue weighted by atomic mass is 9.93. The van der Waals surface area contributed by atoms with Crippen LogP contribution in [-0.4, -0.2) is 29.1 Å². The van der Waals surface area contributed by atoms with Crippen molar-refractivity contribution in [3.8, 4) is 0 Å². The number of carbonyl (C=O) groups is 1. The normalized spacial score (nSPS) is 23.7. The van der Waals surface area contributed by atoms with Crippen LogP contribution in [0.25, 0.3) is 0 Å². The van der Waals surface area contributed by atoms with Crippen LogP contribution in [0.5, 0.6) is 0 Å². The summed E-state index contributed by atoms with van der Waals surface area (Å²) in [4.78, 5) is 11.1. The van der Waals surface area contributed by atoms with Gasteiger partial charge in [-0.15, -0.1) is 0 Å². The molecule has 0 aromatic carbocycles. The van der Waals surface area contributed by atoms with Crippen LogP contribution in [0.1, 0.15) is 40.0 Å². The quantitative estimate of drug-likeness (QED) is 0.406. The molecule has 0 fully saturated rings. The number of hydrogen-bond acceptors (Lipinski definition) is 3. The van der Waals surface area contributed by atoms with E-state index in [9.17, 15) is 10.0 Å². The maximum absolute atomic E-state index is 11.4. The molecule has 1 aliphatic heterocycles. The molecule has 0 N–H and O–H groups in total. The van der Waals surface area contributed by atoms with Crippen molar-refractivity contribution in [1.29, 1.82) is 0 Å². The van der Waals surface area contributed by atoms with E-state index in [0.717, 1.165) is 11.2 Å². The van der Waals surface area contributed by atoms with Crippen LogP contribution >= 0.6 is 0 Å². The third-order valence-corrected chi connectivity index (χ3v) is 2.73. The van der Waals surface area contributed by atoms with E-state index in [4.69, 9.17) is 4.74 Å². The van der Waals surface area contributed by atoms with Crippen molar-refractivity contribution < 1.29 is 14.3 Å². The van der Waals surface area contributed by atoms with E-state index in [1.165, 1.54) is 0 Å². The Labute approximate surface area is 90.5 Å². The van der Waals surface area contributed by atoms with Crippen molar-refractivity contribution >= 4 is 12.2 Å². The summed E-state index contributed by atoms with van der Waals surface area (Å²) in [5.41, 5.74) is -0.320. The van der Waals surface area contributed by atoms with Crippen molar-refractivity contribution in [2.45, 2.75) is 45.6 Å². The van der Waals surface area contributed by atoms with Crippen molar-refractivity contribution in [3.63, 3.8) is 0 Å². The molecule has 1 rings (SSSR count). The van der Waals surface area contributed by atoms with E-state index in [2.05, 4.69) is 0 Å². The van der Waals surface area contributed by atoms with Crippen LogP contribution in [0.3, 0.4) is 0 Å². The molecule has 0 amide bonds. The van der Waals surface area contributed by atoms with Crippen LogP contribution in [0.2, 0.25) is 0 Å². The van der Waals surface area contributed by atoms with Gasteiger partial charge in [0.2, 0.25) is 0 Å². The Morgan fingerprint density at radius 1 is 1.67 bits per heavy atom. The number of esters is 1. The van der Waals surface area contributed by atoms with E-state index in [-0.39, 0.29) is 17.4 Å². The molecule has 0 aromatic heterocycles. The first kappa shape index (κ1) is 12.0. The lowest BCUT2D eigenvalue weighted by Crippen LogP contribution is -2.27. The molecule has 0 aliphatic carbocycles. The Hall–Kier alpha value is -1.06. The highest BCUT2D eigenvalue weighted by Gasteiger charge is 2.37. The van der Waals surface area contributed by atoms with Gasteiger partial charge in [-0.3, -0.25) is 4.79 Å². The monoisotopic (exact) mass is 213 g/mol. The fourth-order valence-corrected chi connectivity index (χ4v) is 1.89. The molecule has 0 radical (unpaired) electrons. The van der Waals surface area contributed by atoms with Crippen LogP contribution in [-0.2, 0) is 9.53 Å². The van der Waals surface area contributed by atoms with Gasteiger partial charge in [0.25, 0.3) is 0 Å². The summed E-state index contributed by atoms with van der Waals surface area (Å²) >= 11 is 0. The Kier molecular flexibility index (Phi) is 3.72. The number of carbonyl (C=O) groups excluding carboxylic acids is 1. The number of hydrogen-bond donors (Lipinski definition) is 0. The van der Waals surface area contributed by atoms with E-state index in [1.54, 1.807) is 13.1 Å². The van der Waals surface area contributed by atoms with Crippen molar-refractivity contribution in [1.82, 2.24) is 0 Å². The number of rotatable bonds is 4. The average molecular weight is 213 g/mol. The Morgan fingerprint density at radius 2 is 2.33 bits per heavy atom. The Bertz CT molecular complexity index is 271. The van der Waals surface area contributed by atoms with E-state index in [0.29, 0.717) is 19.4 Å². The van der Waals surface area contributed by atoms with Gasteiger partial charge in [0.05, 0.1) is 6.61 Å². The minimum atomic E-state index is -0.320. The molecule has 0 bridgehead atoms. The highest BCUT2D eigenvalue weighted by atomic mass is 16.5. The van der Waals surface area contributed by atoms with E-state index >= 15 is 0 Å². The largest absolute Gasteiger partial charge is 0.624 e. The third kappa shape index (κ3) is 3.22. The second-order valence-corrected chi connectivity index (χ2v) is 4.60. The second kappa shape index (κ2) is 4.64. The van der Waals surface area contributed by atoms with Crippen LogP contribution in [0.15, 0.2) is 0 Å². The van der Waals surface area contributed by atoms with E-state index in [1.807, 2.05) is 13.8 Å². The summed E-state index contributed by atoms with van der Waals surface area (Å²) in [6.45, 7) is 6.05. The standard InChI is InChI=1S/C11H19NO3/c1-4-15-10(13)6-5-9-7-11(2,3)12(14)8-9/h8-9H,4-7H2,1-3H3. The summed E-state index contributed by atoms with van der Waals surface area (Å²) in [6, 6.07) is 0. The number of nitrogens with zero attached hydrogens (tertiary/aromatic N) is 1. The minimum Gasteiger partial charge on any atom is -0.624 e. The first-order valence-corrected chi connectivity index (χ1v) is 5.43. The molecule has 1 aliphatic rings. The first-order chi connectivity index (χ1) is 6.95. The van der Waals surface area contributed by atoms with Crippen molar-refractivity contribution in [3.05, 3.63) is 5.21 Å². The summed E-state index contributed by atoms with van der Waals surface area (Å²) in [5.74, 6) is 0.0370. The van der Waals surface area contributed by atoms with Gasteiger partial charge in [-0.25, -0.2) is 4.74 Å². The number of hydroxylamine groups is 1. The van der Waals surface area contributed by atoms with Crippen LogP contribution < -0.4 is 0 Å². The first-order valence-electron chi connectivity index (χ1n) is 5.43. The van der Waals surface area contributed by atoms with Gasteiger partial charge in [-0.2, -0.15) is 0 Å². The molecule has 0 saturated heterocycles. The van der Waals surface area contributed by atoms with Crippen LogP contribution in [0, 0.1) is 11.1 Å².